The molecule has 1 atom stereocenters. The number of quaternary nitrogens is 1. The van der Waals surface area contributed by atoms with Gasteiger partial charge in [0, 0.05) is 11.2 Å². The summed E-state index contributed by atoms with van der Waals surface area (Å²) < 4.78 is 5.06. The van der Waals surface area contributed by atoms with Crippen molar-refractivity contribution in [3.05, 3.63) is 24.3 Å². The zero-order chi connectivity index (χ0) is 16.8. The van der Waals surface area contributed by atoms with Gasteiger partial charge in [0.15, 0.2) is 13.1 Å². The highest BCUT2D eigenvalue weighted by atomic mass is 16.5. The number of carbonyl (C=O) groups excluding carboxylic acids is 2. The molecule has 1 aromatic rings. The van der Waals surface area contributed by atoms with Gasteiger partial charge in [0.25, 0.3) is 11.8 Å². The highest BCUT2D eigenvalue weighted by Crippen LogP contribution is 2.14. The maximum atomic E-state index is 11.9. The summed E-state index contributed by atoms with van der Waals surface area (Å²) in [6.07, 6.45) is 0. The van der Waals surface area contributed by atoms with E-state index in [-0.39, 0.29) is 30.4 Å². The van der Waals surface area contributed by atoms with Crippen molar-refractivity contribution >= 4 is 17.5 Å². The summed E-state index contributed by atoms with van der Waals surface area (Å²) in [7, 11) is 3.41. The van der Waals surface area contributed by atoms with E-state index in [0.29, 0.717) is 5.69 Å². The van der Waals surface area contributed by atoms with Gasteiger partial charge < -0.3 is 20.3 Å². The Morgan fingerprint density at radius 2 is 1.64 bits per heavy atom. The van der Waals surface area contributed by atoms with E-state index in [0.717, 1.165) is 10.6 Å². The number of rotatable bonds is 6. The fourth-order valence-electron chi connectivity index (χ4n) is 1.95. The molecule has 1 unspecified atom stereocenters. The van der Waals surface area contributed by atoms with Crippen LogP contribution in [0.25, 0.3) is 0 Å². The van der Waals surface area contributed by atoms with E-state index in [1.54, 1.807) is 31.4 Å². The molecule has 0 heterocycles. The smallest absolute Gasteiger partial charge is 0.279 e. The molecule has 0 radical (unpaired) electrons. The molecular weight excluding hydrogens is 282 g/mol. The minimum Gasteiger partial charge on any atom is -0.497 e. The molecule has 6 heteroatoms. The van der Waals surface area contributed by atoms with E-state index in [9.17, 15) is 9.59 Å². The highest BCUT2D eigenvalue weighted by Gasteiger charge is 2.18. The predicted molar refractivity (Wildman–Crippen MR) is 86.1 cm³/mol. The summed E-state index contributed by atoms with van der Waals surface area (Å²) in [4.78, 5) is 24.6. The molecule has 1 aromatic carbocycles. The number of methoxy groups -OCH3 is 1. The van der Waals surface area contributed by atoms with Crippen molar-refractivity contribution in [1.29, 1.82) is 0 Å². The Hall–Kier alpha value is -2.08. The molecule has 0 saturated heterocycles. The summed E-state index contributed by atoms with van der Waals surface area (Å²) in [5.74, 6) is 0.535. The zero-order valence-electron chi connectivity index (χ0n) is 13.9. The van der Waals surface area contributed by atoms with Gasteiger partial charge in [0.2, 0.25) is 0 Å². The van der Waals surface area contributed by atoms with Crippen LogP contribution >= 0.6 is 0 Å². The molecule has 1 rings (SSSR count). The van der Waals surface area contributed by atoms with Gasteiger partial charge in [-0.05, 0) is 45.0 Å². The number of nitrogens with one attached hydrogen (secondary N) is 3. The second-order valence-electron chi connectivity index (χ2n) is 6.39. The van der Waals surface area contributed by atoms with E-state index in [4.69, 9.17) is 4.74 Å². The van der Waals surface area contributed by atoms with E-state index >= 15 is 0 Å². The van der Waals surface area contributed by atoms with Crippen molar-refractivity contribution < 1.29 is 19.2 Å². The largest absolute Gasteiger partial charge is 0.497 e. The van der Waals surface area contributed by atoms with E-state index in [1.165, 1.54) is 0 Å². The Bertz CT molecular complexity index is 506. The molecule has 0 aliphatic heterocycles. The molecule has 6 nitrogen and oxygen atoms in total. The molecule has 0 saturated carbocycles. The molecule has 0 bridgehead atoms. The Morgan fingerprint density at radius 3 is 2.14 bits per heavy atom. The van der Waals surface area contributed by atoms with Gasteiger partial charge >= 0.3 is 0 Å². The minimum absolute atomic E-state index is 0.0674. The van der Waals surface area contributed by atoms with Crippen LogP contribution in [-0.2, 0) is 9.59 Å². The highest BCUT2D eigenvalue weighted by molar-refractivity contribution is 5.91. The van der Waals surface area contributed by atoms with Crippen LogP contribution in [0, 0.1) is 0 Å². The number of hydrogen-bond acceptors (Lipinski definition) is 3. The van der Waals surface area contributed by atoms with Gasteiger partial charge in [0.05, 0.1) is 14.2 Å². The van der Waals surface area contributed by atoms with Crippen molar-refractivity contribution in [1.82, 2.24) is 5.32 Å². The Kier molecular flexibility index (Phi) is 6.37. The van der Waals surface area contributed by atoms with Crippen molar-refractivity contribution in [2.45, 2.75) is 26.3 Å². The normalized spacial score (nSPS) is 12.4. The van der Waals surface area contributed by atoms with Crippen LogP contribution in [0.1, 0.15) is 20.8 Å². The Labute approximate surface area is 131 Å². The molecule has 0 spiro atoms. The number of anilines is 1. The molecular formula is C16H26N3O3+. The Morgan fingerprint density at radius 1 is 1.09 bits per heavy atom. The van der Waals surface area contributed by atoms with Crippen LogP contribution in [0.3, 0.4) is 0 Å². The van der Waals surface area contributed by atoms with Gasteiger partial charge in [-0.3, -0.25) is 9.59 Å². The summed E-state index contributed by atoms with van der Waals surface area (Å²) in [5.41, 5.74) is 0.445. The van der Waals surface area contributed by atoms with Gasteiger partial charge in [-0.2, -0.15) is 0 Å². The second-order valence-corrected chi connectivity index (χ2v) is 6.39. The lowest BCUT2D eigenvalue weighted by atomic mass is 10.1. The minimum atomic E-state index is -0.261. The standard InChI is InChI=1S/C16H25N3O3/c1-16(2,3)18-15(21)11-19(4)10-14(20)17-12-6-8-13(22-5)9-7-12/h6-9H,10-11H2,1-5H3,(H,17,20)(H,18,21)/p+1. The maximum Gasteiger partial charge on any atom is 0.279 e. The van der Waals surface area contributed by atoms with Gasteiger partial charge in [-0.15, -0.1) is 0 Å². The lowest BCUT2D eigenvalue weighted by molar-refractivity contribution is -0.862. The van der Waals surface area contributed by atoms with Gasteiger partial charge in [-0.1, -0.05) is 0 Å². The molecule has 3 N–H and O–H groups in total. The molecule has 0 aliphatic carbocycles. The van der Waals surface area contributed by atoms with Crippen LogP contribution in [0.15, 0.2) is 24.3 Å². The summed E-state index contributed by atoms with van der Waals surface area (Å²) in [5, 5.41) is 5.68. The average Bonchev–Trinajstić information content (AvgIpc) is 2.36. The van der Waals surface area contributed by atoms with E-state index in [1.807, 2.05) is 27.8 Å². The number of carbonyl (C=O) groups is 2. The lowest BCUT2D eigenvalue weighted by Crippen LogP contribution is -3.11. The van der Waals surface area contributed by atoms with Crippen LogP contribution in [0.5, 0.6) is 5.75 Å². The number of ether oxygens (including phenoxy) is 1. The first kappa shape index (κ1) is 18.0. The number of hydrogen-bond donors (Lipinski definition) is 3. The zero-order valence-corrected chi connectivity index (χ0v) is 13.9. The monoisotopic (exact) mass is 308 g/mol. The van der Waals surface area contributed by atoms with E-state index in [2.05, 4.69) is 10.6 Å². The fourth-order valence-corrected chi connectivity index (χ4v) is 1.95. The van der Waals surface area contributed by atoms with Crippen molar-refractivity contribution in [2.24, 2.45) is 0 Å². The summed E-state index contributed by atoms with van der Waals surface area (Å²) >= 11 is 0. The van der Waals surface area contributed by atoms with Gasteiger partial charge in [-0.25, -0.2) is 0 Å². The fraction of sp³-hybridized carbons (Fsp3) is 0.500. The average molecular weight is 308 g/mol. The third-order valence-corrected chi connectivity index (χ3v) is 2.81. The van der Waals surface area contributed by atoms with Crippen LogP contribution in [0.4, 0.5) is 5.69 Å². The van der Waals surface area contributed by atoms with E-state index < -0.39 is 0 Å². The molecule has 0 aromatic heterocycles. The molecule has 0 fully saturated rings. The molecule has 0 aliphatic rings. The van der Waals surface area contributed by atoms with Crippen LogP contribution < -0.4 is 20.3 Å². The lowest BCUT2D eigenvalue weighted by Gasteiger charge is -2.21. The first-order valence-corrected chi connectivity index (χ1v) is 7.26. The van der Waals surface area contributed by atoms with Crippen LogP contribution in [0.2, 0.25) is 0 Å². The predicted octanol–water partition coefficient (Wildman–Crippen LogP) is 0.0631. The molecule has 2 amide bonds. The third kappa shape index (κ3) is 7.08. The number of benzene rings is 1. The maximum absolute atomic E-state index is 11.9. The van der Waals surface area contributed by atoms with Crippen molar-refractivity contribution in [3.63, 3.8) is 0 Å². The van der Waals surface area contributed by atoms with Crippen molar-refractivity contribution in [3.8, 4) is 5.75 Å². The van der Waals surface area contributed by atoms with Gasteiger partial charge in [0.1, 0.15) is 5.75 Å². The molecule has 122 valence electrons. The molecule has 22 heavy (non-hydrogen) atoms. The number of likely N-dealkylation sites (N-methyl/N-ethyl adjacent to an activating group) is 1. The SMILES string of the molecule is COc1ccc(NC(=O)C[NH+](C)CC(=O)NC(C)(C)C)cc1. The third-order valence-electron chi connectivity index (χ3n) is 2.81. The quantitative estimate of drug-likeness (QED) is 0.696. The van der Waals surface area contributed by atoms with Crippen LogP contribution in [-0.4, -0.2) is 44.6 Å². The summed E-state index contributed by atoms with van der Waals surface area (Å²) in [6, 6.07) is 7.11. The Balaban J connectivity index is 2.41. The number of amides is 2. The second kappa shape index (κ2) is 7.79. The first-order valence-electron chi connectivity index (χ1n) is 7.26. The van der Waals surface area contributed by atoms with Crippen molar-refractivity contribution in [2.75, 3.05) is 32.6 Å². The first-order chi connectivity index (χ1) is 10.2. The summed E-state index contributed by atoms with van der Waals surface area (Å²) in [6.45, 7) is 6.26. The topological polar surface area (TPSA) is 71.9 Å².